The molecule has 8 heteroatoms. The first-order valence-electron chi connectivity index (χ1n) is 6.83. The molecule has 124 valence electrons. The number of hydrogen-bond acceptors (Lipinski definition) is 3. The highest BCUT2D eigenvalue weighted by Gasteiger charge is 2.30. The van der Waals surface area contributed by atoms with Crippen molar-refractivity contribution in [3.63, 3.8) is 0 Å². The normalized spacial score (nSPS) is 12.3. The van der Waals surface area contributed by atoms with E-state index in [0.29, 0.717) is 19.3 Å². The average molecular weight is 328 g/mol. The summed E-state index contributed by atoms with van der Waals surface area (Å²) < 4.78 is 37.3. The molecule has 1 atom stereocenters. The van der Waals surface area contributed by atoms with E-state index < -0.39 is 29.7 Å². The molecule has 0 heterocycles. The first-order valence-corrected chi connectivity index (χ1v) is 6.83. The maximum atomic E-state index is 12.4. The lowest BCUT2D eigenvalue weighted by Gasteiger charge is -2.14. The molecule has 0 saturated carbocycles. The van der Waals surface area contributed by atoms with Crippen LogP contribution in [0.1, 0.15) is 41.6 Å². The van der Waals surface area contributed by atoms with Gasteiger partial charge in [-0.1, -0.05) is 0 Å². The Balaban J connectivity index is 2.68. The van der Waals surface area contributed by atoms with E-state index in [9.17, 15) is 22.8 Å². The van der Waals surface area contributed by atoms with Crippen molar-refractivity contribution in [1.29, 1.82) is 5.26 Å². The fourth-order valence-corrected chi connectivity index (χ4v) is 1.86. The summed E-state index contributed by atoms with van der Waals surface area (Å²) in [5.74, 6) is -1.99. The van der Waals surface area contributed by atoms with Crippen LogP contribution in [0.15, 0.2) is 24.3 Å². The third-order valence-corrected chi connectivity index (χ3v) is 3.11. The molecule has 1 amide bonds. The molecule has 1 aromatic carbocycles. The number of amides is 1. The average Bonchev–Trinajstić information content (AvgIpc) is 2.49. The van der Waals surface area contributed by atoms with E-state index in [-0.39, 0.29) is 12.0 Å². The molecule has 0 bridgehead atoms. The lowest BCUT2D eigenvalue weighted by atomic mass is 10.1. The number of aliphatic carboxylic acids is 1. The van der Waals surface area contributed by atoms with Gasteiger partial charge in [0.15, 0.2) is 0 Å². The lowest BCUT2D eigenvalue weighted by molar-refractivity contribution is -0.139. The van der Waals surface area contributed by atoms with Crippen LogP contribution in [0.3, 0.4) is 0 Å². The Morgan fingerprint density at radius 3 is 2.30 bits per heavy atom. The molecular formula is C15H15F3N2O3. The second-order valence-electron chi connectivity index (χ2n) is 4.84. The molecule has 0 spiro atoms. The van der Waals surface area contributed by atoms with Gasteiger partial charge in [-0.3, -0.25) is 4.79 Å². The lowest BCUT2D eigenvalue weighted by Crippen LogP contribution is -2.40. The molecule has 5 nitrogen and oxygen atoms in total. The zero-order valence-electron chi connectivity index (χ0n) is 12.1. The maximum absolute atomic E-state index is 12.4. The molecule has 0 unspecified atom stereocenters. The fourth-order valence-electron chi connectivity index (χ4n) is 1.86. The van der Waals surface area contributed by atoms with Gasteiger partial charge in [0.2, 0.25) is 0 Å². The zero-order chi connectivity index (χ0) is 17.5. The molecule has 2 N–H and O–H groups in total. The quantitative estimate of drug-likeness (QED) is 0.753. The number of carbonyl (C=O) groups is 2. The number of nitrogens with one attached hydrogen (secondary N) is 1. The standard InChI is InChI=1S/C15H15F3N2O3/c16-15(17,18)11-7-5-10(6-8-11)13(21)20-12(14(22)23)4-2-1-3-9-19/h5-8,12H,1-4H2,(H,20,21)(H,22,23)/t12-/m0/s1. The number of halogens is 3. The molecule has 0 radical (unpaired) electrons. The summed E-state index contributed by atoms with van der Waals surface area (Å²) in [7, 11) is 0. The SMILES string of the molecule is N#CCCCC[C@H](NC(=O)c1ccc(C(F)(F)F)cc1)C(=O)O. The molecule has 0 aliphatic rings. The molecule has 0 saturated heterocycles. The number of carbonyl (C=O) groups excluding carboxylic acids is 1. The Hall–Kier alpha value is -2.56. The van der Waals surface area contributed by atoms with Gasteiger partial charge in [-0.25, -0.2) is 4.79 Å². The van der Waals surface area contributed by atoms with Crippen LogP contribution >= 0.6 is 0 Å². The number of hydrogen-bond donors (Lipinski definition) is 2. The van der Waals surface area contributed by atoms with E-state index in [4.69, 9.17) is 10.4 Å². The van der Waals surface area contributed by atoms with Crippen LogP contribution in [0, 0.1) is 11.3 Å². The van der Waals surface area contributed by atoms with Crippen molar-refractivity contribution in [3.8, 4) is 6.07 Å². The maximum Gasteiger partial charge on any atom is 0.416 e. The summed E-state index contributed by atoms with van der Waals surface area (Å²) >= 11 is 0. The van der Waals surface area contributed by atoms with Gasteiger partial charge in [-0.15, -0.1) is 0 Å². The van der Waals surface area contributed by atoms with Crippen LogP contribution in [0.2, 0.25) is 0 Å². The van der Waals surface area contributed by atoms with E-state index in [1.165, 1.54) is 0 Å². The van der Waals surface area contributed by atoms with E-state index in [1.54, 1.807) is 0 Å². The van der Waals surface area contributed by atoms with Gasteiger partial charge in [-0.2, -0.15) is 18.4 Å². The predicted octanol–water partition coefficient (Wildman–Crippen LogP) is 2.97. The van der Waals surface area contributed by atoms with E-state index in [2.05, 4.69) is 5.32 Å². The third kappa shape index (κ3) is 5.98. The summed E-state index contributed by atoms with van der Waals surface area (Å²) in [5.41, 5.74) is -0.943. The highest BCUT2D eigenvalue weighted by molar-refractivity contribution is 5.96. The summed E-state index contributed by atoms with van der Waals surface area (Å²) in [6, 6.07) is 4.29. The van der Waals surface area contributed by atoms with E-state index >= 15 is 0 Å². The molecule has 0 aromatic heterocycles. The Morgan fingerprint density at radius 1 is 1.22 bits per heavy atom. The Kier molecular flexibility index (Phi) is 6.57. The Morgan fingerprint density at radius 2 is 1.83 bits per heavy atom. The van der Waals surface area contributed by atoms with Crippen molar-refractivity contribution < 1.29 is 27.9 Å². The number of rotatable bonds is 7. The number of nitrogens with zero attached hydrogens (tertiary/aromatic N) is 1. The minimum atomic E-state index is -4.50. The first kappa shape index (κ1) is 18.5. The molecule has 23 heavy (non-hydrogen) atoms. The Bertz CT molecular complexity index is 591. The van der Waals surface area contributed by atoms with Crippen molar-refractivity contribution in [1.82, 2.24) is 5.32 Å². The summed E-state index contributed by atoms with van der Waals surface area (Å²) in [6.07, 6.45) is -3.11. The molecule has 1 rings (SSSR count). The van der Waals surface area contributed by atoms with E-state index in [0.717, 1.165) is 24.3 Å². The largest absolute Gasteiger partial charge is 0.480 e. The molecule has 0 fully saturated rings. The monoisotopic (exact) mass is 328 g/mol. The van der Waals surface area contributed by atoms with Crippen LogP contribution in [-0.2, 0) is 11.0 Å². The second-order valence-corrected chi connectivity index (χ2v) is 4.84. The highest BCUT2D eigenvalue weighted by Crippen LogP contribution is 2.29. The van der Waals surface area contributed by atoms with Crippen LogP contribution in [0.4, 0.5) is 13.2 Å². The summed E-state index contributed by atoms with van der Waals surface area (Å²) in [5, 5.41) is 19.7. The minimum absolute atomic E-state index is 0.0544. The number of benzene rings is 1. The van der Waals surface area contributed by atoms with Gasteiger partial charge in [-0.05, 0) is 43.5 Å². The number of carboxylic acids is 1. The number of alkyl halides is 3. The van der Waals surface area contributed by atoms with Gasteiger partial charge >= 0.3 is 12.1 Å². The number of carboxylic acid groups (broad SMARTS) is 1. The summed E-state index contributed by atoms with van der Waals surface area (Å²) in [6.45, 7) is 0. The van der Waals surface area contributed by atoms with Crippen molar-refractivity contribution >= 4 is 11.9 Å². The van der Waals surface area contributed by atoms with Crippen LogP contribution < -0.4 is 5.32 Å². The second kappa shape index (κ2) is 8.17. The molecule has 1 aromatic rings. The molecule has 0 aliphatic carbocycles. The van der Waals surface area contributed by atoms with Crippen LogP contribution in [0.5, 0.6) is 0 Å². The number of unbranched alkanes of at least 4 members (excludes halogenated alkanes) is 2. The summed E-state index contributed by atoms with van der Waals surface area (Å²) in [4.78, 5) is 23.0. The van der Waals surface area contributed by atoms with Crippen molar-refractivity contribution in [2.75, 3.05) is 0 Å². The predicted molar refractivity (Wildman–Crippen MR) is 74.4 cm³/mol. The van der Waals surface area contributed by atoms with Gasteiger partial charge < -0.3 is 10.4 Å². The van der Waals surface area contributed by atoms with E-state index in [1.807, 2.05) is 6.07 Å². The number of nitriles is 1. The van der Waals surface area contributed by atoms with Crippen molar-refractivity contribution in [3.05, 3.63) is 35.4 Å². The van der Waals surface area contributed by atoms with Gasteiger partial charge in [0.1, 0.15) is 6.04 Å². The third-order valence-electron chi connectivity index (χ3n) is 3.11. The smallest absolute Gasteiger partial charge is 0.416 e. The Labute approximate surface area is 130 Å². The van der Waals surface area contributed by atoms with Crippen molar-refractivity contribution in [2.45, 2.75) is 37.9 Å². The highest BCUT2D eigenvalue weighted by atomic mass is 19.4. The topological polar surface area (TPSA) is 90.2 Å². The van der Waals surface area contributed by atoms with Gasteiger partial charge in [0.25, 0.3) is 5.91 Å². The minimum Gasteiger partial charge on any atom is -0.480 e. The fraction of sp³-hybridized carbons (Fsp3) is 0.400. The zero-order valence-corrected chi connectivity index (χ0v) is 12.1. The van der Waals surface area contributed by atoms with Gasteiger partial charge in [0, 0.05) is 12.0 Å². The van der Waals surface area contributed by atoms with Crippen LogP contribution in [-0.4, -0.2) is 23.0 Å². The molecular weight excluding hydrogens is 313 g/mol. The first-order chi connectivity index (χ1) is 10.8. The molecule has 0 aliphatic heterocycles. The van der Waals surface area contributed by atoms with Crippen molar-refractivity contribution in [2.24, 2.45) is 0 Å². The van der Waals surface area contributed by atoms with Gasteiger partial charge in [0.05, 0.1) is 11.6 Å². The van der Waals surface area contributed by atoms with Crippen LogP contribution in [0.25, 0.3) is 0 Å².